The van der Waals surface area contributed by atoms with Crippen LogP contribution in [0.4, 0.5) is 0 Å². The number of nitrogens with zero attached hydrogens (tertiary/aromatic N) is 1. The highest BCUT2D eigenvalue weighted by molar-refractivity contribution is 5.95. The van der Waals surface area contributed by atoms with Crippen LogP contribution < -0.4 is 9.47 Å². The molecule has 43 heavy (non-hydrogen) atoms. The third kappa shape index (κ3) is 6.66. The zero-order valence-electron chi connectivity index (χ0n) is 26.7. The van der Waals surface area contributed by atoms with Gasteiger partial charge in [0.15, 0.2) is 0 Å². The molecule has 0 saturated carbocycles. The summed E-state index contributed by atoms with van der Waals surface area (Å²) in [6.45, 7) is 16.5. The Labute approximate surface area is 255 Å². The maximum Gasteiger partial charge on any atom is 0.390 e. The molecule has 1 fully saturated rings. The molecular formula is C36H45NO6. The molecule has 1 aliphatic rings. The van der Waals surface area contributed by atoms with E-state index >= 15 is 0 Å². The summed E-state index contributed by atoms with van der Waals surface area (Å²) >= 11 is 0. The minimum absolute atomic E-state index is 0.144. The molecule has 0 unspecified atom stereocenters. The molecule has 0 radical (unpaired) electrons. The van der Waals surface area contributed by atoms with E-state index in [-0.39, 0.29) is 22.5 Å². The first kappa shape index (κ1) is 31.9. The molecule has 0 atom stereocenters. The number of piperidine rings is 1. The highest BCUT2D eigenvalue weighted by Crippen LogP contribution is 2.41. The fourth-order valence-electron chi connectivity index (χ4n) is 5.66. The molecule has 230 valence electrons. The summed E-state index contributed by atoms with van der Waals surface area (Å²) in [6.07, 6.45) is 0.734. The second-order valence-corrected chi connectivity index (χ2v) is 13.7. The fraction of sp³-hybridized carbons (Fsp3) is 0.444. The number of hydrogen-bond donors (Lipinski definition) is 2. The highest BCUT2D eigenvalue weighted by atomic mass is 16.7. The van der Waals surface area contributed by atoms with Crippen LogP contribution in [0.25, 0.3) is 0 Å². The molecule has 1 heterocycles. The number of hydrogen-bond acceptors (Lipinski definition) is 5. The van der Waals surface area contributed by atoms with Crippen LogP contribution in [0, 0.1) is 19.8 Å². The quantitative estimate of drug-likeness (QED) is 0.280. The predicted octanol–water partition coefficient (Wildman–Crippen LogP) is 7.40. The van der Waals surface area contributed by atoms with Gasteiger partial charge in [-0.3, -0.25) is 4.79 Å². The normalized spacial score (nSPS) is 14.8. The van der Waals surface area contributed by atoms with Crippen molar-refractivity contribution >= 4 is 11.9 Å². The summed E-state index contributed by atoms with van der Waals surface area (Å²) in [4.78, 5) is 28.8. The van der Waals surface area contributed by atoms with Gasteiger partial charge in [-0.2, -0.15) is 0 Å². The number of para-hydroxylation sites is 2. The molecule has 7 heteroatoms. The molecule has 0 aliphatic carbocycles. The lowest BCUT2D eigenvalue weighted by Crippen LogP contribution is -2.59. The first-order valence-electron chi connectivity index (χ1n) is 14.9. The van der Waals surface area contributed by atoms with Crippen molar-refractivity contribution in [3.05, 3.63) is 88.5 Å². The Morgan fingerprint density at radius 1 is 0.767 bits per heavy atom. The van der Waals surface area contributed by atoms with E-state index in [9.17, 15) is 19.8 Å². The first-order valence-corrected chi connectivity index (χ1v) is 14.9. The van der Waals surface area contributed by atoms with Gasteiger partial charge in [-0.15, -0.1) is 0 Å². The van der Waals surface area contributed by atoms with Gasteiger partial charge in [-0.05, 0) is 72.9 Å². The molecule has 3 aromatic carbocycles. The van der Waals surface area contributed by atoms with Gasteiger partial charge in [0.2, 0.25) is 0 Å². The van der Waals surface area contributed by atoms with Crippen molar-refractivity contribution in [2.24, 2.45) is 5.92 Å². The van der Waals surface area contributed by atoms with Crippen LogP contribution in [0.15, 0.2) is 60.7 Å². The molecular weight excluding hydrogens is 542 g/mol. The number of carboxylic acids is 1. The number of likely N-dealkylation sites (tertiary alicyclic amines) is 1. The monoisotopic (exact) mass is 587 g/mol. The zero-order chi connectivity index (χ0) is 31.7. The molecule has 3 aromatic rings. The van der Waals surface area contributed by atoms with Crippen LogP contribution in [0.1, 0.15) is 87.0 Å². The molecule has 4 rings (SSSR count). The van der Waals surface area contributed by atoms with Crippen LogP contribution in [-0.2, 0) is 15.6 Å². The summed E-state index contributed by atoms with van der Waals surface area (Å²) in [6, 6.07) is 18.2. The van der Waals surface area contributed by atoms with Gasteiger partial charge >= 0.3 is 11.8 Å². The number of aliphatic carboxylic acids is 1. The predicted molar refractivity (Wildman–Crippen MR) is 168 cm³/mol. The van der Waals surface area contributed by atoms with Crippen LogP contribution in [-0.4, -0.2) is 45.9 Å². The van der Waals surface area contributed by atoms with Crippen molar-refractivity contribution < 1.29 is 29.3 Å². The molecule has 1 amide bonds. The van der Waals surface area contributed by atoms with E-state index in [0.717, 1.165) is 22.3 Å². The largest absolute Gasteiger partial charge is 0.507 e. The van der Waals surface area contributed by atoms with Crippen molar-refractivity contribution in [2.45, 2.75) is 84.8 Å². The number of phenols is 1. The van der Waals surface area contributed by atoms with Crippen molar-refractivity contribution in [1.82, 2.24) is 4.90 Å². The summed E-state index contributed by atoms with van der Waals surface area (Å²) in [5.74, 6) is -2.80. The second kappa shape index (κ2) is 11.9. The van der Waals surface area contributed by atoms with Crippen molar-refractivity contribution in [1.29, 1.82) is 0 Å². The van der Waals surface area contributed by atoms with E-state index in [0.29, 0.717) is 43.0 Å². The molecule has 1 aliphatic heterocycles. The molecule has 0 bridgehead atoms. The first-order chi connectivity index (χ1) is 20.0. The number of amides is 1. The van der Waals surface area contributed by atoms with Gasteiger partial charge < -0.3 is 24.6 Å². The van der Waals surface area contributed by atoms with E-state index < -0.39 is 17.7 Å². The number of benzene rings is 3. The summed E-state index contributed by atoms with van der Waals surface area (Å²) in [5.41, 5.74) is 2.82. The Bertz CT molecular complexity index is 1410. The van der Waals surface area contributed by atoms with E-state index in [1.807, 2.05) is 79.7 Å². The van der Waals surface area contributed by atoms with E-state index in [1.165, 1.54) is 0 Å². The number of aryl methyl sites for hydroxylation is 2. The lowest BCUT2D eigenvalue weighted by molar-refractivity contribution is -0.204. The van der Waals surface area contributed by atoms with Crippen LogP contribution >= 0.6 is 0 Å². The Hall–Kier alpha value is -4.00. The van der Waals surface area contributed by atoms with Crippen molar-refractivity contribution in [3.8, 4) is 17.2 Å². The Morgan fingerprint density at radius 3 is 1.56 bits per heavy atom. The second-order valence-electron chi connectivity index (χ2n) is 13.7. The van der Waals surface area contributed by atoms with Gasteiger partial charge in [0, 0.05) is 29.8 Å². The Morgan fingerprint density at radius 2 is 1.19 bits per heavy atom. The summed E-state index contributed by atoms with van der Waals surface area (Å²) < 4.78 is 12.7. The van der Waals surface area contributed by atoms with Crippen molar-refractivity contribution in [3.63, 3.8) is 0 Å². The van der Waals surface area contributed by atoms with Gasteiger partial charge in [-0.25, -0.2) is 4.79 Å². The van der Waals surface area contributed by atoms with Crippen LogP contribution in [0.2, 0.25) is 0 Å². The minimum atomic E-state index is -2.00. The third-order valence-corrected chi connectivity index (χ3v) is 8.30. The summed E-state index contributed by atoms with van der Waals surface area (Å²) in [7, 11) is 0. The zero-order valence-corrected chi connectivity index (χ0v) is 26.7. The molecule has 2 N–H and O–H groups in total. The number of rotatable bonds is 7. The van der Waals surface area contributed by atoms with Crippen LogP contribution in [0.3, 0.4) is 0 Å². The number of aromatic hydroxyl groups is 1. The SMILES string of the molecule is Cc1ccccc1OC(Oc1ccccc1C)(C(=O)O)C1CCN(C(=O)c2cc(C(C)(C)C)c(O)c(C(C)(C)C)c2)CC1. The average molecular weight is 588 g/mol. The van der Waals surface area contributed by atoms with Crippen molar-refractivity contribution in [2.75, 3.05) is 13.1 Å². The highest BCUT2D eigenvalue weighted by Gasteiger charge is 2.53. The lowest BCUT2D eigenvalue weighted by Gasteiger charge is -2.42. The molecule has 0 aromatic heterocycles. The van der Waals surface area contributed by atoms with E-state index in [4.69, 9.17) is 9.47 Å². The van der Waals surface area contributed by atoms with Gasteiger partial charge in [0.1, 0.15) is 17.2 Å². The standard InChI is InChI=1S/C36H45NO6/c1-23-13-9-11-15-29(23)42-36(33(40)41,43-30-16-12-10-14-24(30)2)26-17-19-37(20-18-26)32(39)25-21-27(34(3,4)5)31(38)28(22-25)35(6,7)8/h9-16,21-22,26,38H,17-20H2,1-8H3,(H,40,41). The number of carboxylic acid groups (broad SMARTS) is 1. The molecule has 0 spiro atoms. The topological polar surface area (TPSA) is 96.3 Å². The summed E-state index contributed by atoms with van der Waals surface area (Å²) in [5, 5.41) is 21.8. The van der Waals surface area contributed by atoms with Gasteiger partial charge in [-0.1, -0.05) is 77.9 Å². The number of phenolic OH excluding ortho intramolecular Hbond substituents is 1. The molecule has 7 nitrogen and oxygen atoms in total. The van der Waals surface area contributed by atoms with Gasteiger partial charge in [0.05, 0.1) is 5.92 Å². The van der Waals surface area contributed by atoms with E-state index in [1.54, 1.807) is 41.3 Å². The molecule has 1 saturated heterocycles. The third-order valence-electron chi connectivity index (χ3n) is 8.30. The average Bonchev–Trinajstić information content (AvgIpc) is 2.93. The van der Waals surface area contributed by atoms with E-state index in [2.05, 4.69) is 0 Å². The Balaban J connectivity index is 1.67. The fourth-order valence-corrected chi connectivity index (χ4v) is 5.66. The Kier molecular flexibility index (Phi) is 8.87. The lowest BCUT2D eigenvalue weighted by atomic mass is 9.78. The van der Waals surface area contributed by atoms with Crippen LogP contribution in [0.5, 0.6) is 17.2 Å². The smallest absolute Gasteiger partial charge is 0.390 e. The maximum absolute atomic E-state index is 13.9. The minimum Gasteiger partial charge on any atom is -0.507 e. The number of carbonyl (C=O) groups excluding carboxylic acids is 1. The van der Waals surface area contributed by atoms with Gasteiger partial charge in [0.25, 0.3) is 5.91 Å². The number of carbonyl (C=O) groups is 2. The maximum atomic E-state index is 13.9. The number of ether oxygens (including phenoxy) is 2.